The summed E-state index contributed by atoms with van der Waals surface area (Å²) in [5.41, 5.74) is 2.34. The van der Waals surface area contributed by atoms with Crippen molar-refractivity contribution in [3.63, 3.8) is 0 Å². The first-order chi connectivity index (χ1) is 10.1. The van der Waals surface area contributed by atoms with Crippen LogP contribution < -0.4 is 10.2 Å². The normalized spacial score (nSPS) is 24.8. The molecule has 0 aliphatic heterocycles. The predicted octanol–water partition coefficient (Wildman–Crippen LogP) is 3.36. The van der Waals surface area contributed by atoms with E-state index in [0.29, 0.717) is 5.92 Å². The minimum Gasteiger partial charge on any atom is -0.375 e. The molecule has 1 aromatic carbocycles. The van der Waals surface area contributed by atoms with Crippen LogP contribution in [0.15, 0.2) is 24.3 Å². The number of nitrogens with one attached hydrogen (secondary N) is 1. The van der Waals surface area contributed by atoms with E-state index in [0.717, 1.165) is 38.6 Å². The van der Waals surface area contributed by atoms with Gasteiger partial charge in [-0.2, -0.15) is 5.26 Å². The molecule has 0 spiro atoms. The van der Waals surface area contributed by atoms with Gasteiger partial charge in [0.2, 0.25) is 0 Å². The summed E-state index contributed by atoms with van der Waals surface area (Å²) in [6.07, 6.45) is 5.46. The van der Waals surface area contributed by atoms with Gasteiger partial charge in [0, 0.05) is 19.3 Å². The Morgan fingerprint density at radius 2 is 2.10 bits per heavy atom. The third-order valence-electron chi connectivity index (χ3n) is 5.06. The highest BCUT2D eigenvalue weighted by Crippen LogP contribution is 2.37. The van der Waals surface area contributed by atoms with E-state index in [-0.39, 0.29) is 5.54 Å². The van der Waals surface area contributed by atoms with Crippen LogP contribution in [-0.4, -0.2) is 26.2 Å². The summed E-state index contributed by atoms with van der Waals surface area (Å²) >= 11 is 0. The third kappa shape index (κ3) is 3.39. The fourth-order valence-electron chi connectivity index (χ4n) is 3.47. The highest BCUT2D eigenvalue weighted by atomic mass is 15.1. The molecule has 2 rings (SSSR count). The molecule has 0 bridgehead atoms. The second kappa shape index (κ2) is 6.95. The Morgan fingerprint density at radius 1 is 1.38 bits per heavy atom. The molecule has 1 aliphatic rings. The number of benzene rings is 1. The lowest BCUT2D eigenvalue weighted by molar-refractivity contribution is 0.323. The SMILES string of the molecule is CCc1ccc(N(C)CCC2CCCC2(C#N)NC)cc1. The number of nitriles is 1. The molecule has 0 radical (unpaired) electrons. The van der Waals surface area contributed by atoms with Gasteiger partial charge in [-0.05, 0) is 56.3 Å². The highest BCUT2D eigenvalue weighted by molar-refractivity contribution is 5.46. The minimum absolute atomic E-state index is 0.299. The first-order valence-electron chi connectivity index (χ1n) is 8.05. The summed E-state index contributed by atoms with van der Waals surface area (Å²) in [5.74, 6) is 0.463. The number of hydrogen-bond donors (Lipinski definition) is 1. The maximum Gasteiger partial charge on any atom is 0.109 e. The molecule has 3 nitrogen and oxygen atoms in total. The molecule has 1 N–H and O–H groups in total. The summed E-state index contributed by atoms with van der Waals surface area (Å²) < 4.78 is 0. The van der Waals surface area contributed by atoms with Crippen molar-refractivity contribution in [2.75, 3.05) is 25.5 Å². The fourth-order valence-corrected chi connectivity index (χ4v) is 3.47. The van der Waals surface area contributed by atoms with Crippen LogP contribution in [0.25, 0.3) is 0 Å². The topological polar surface area (TPSA) is 39.1 Å². The molecule has 1 aromatic rings. The van der Waals surface area contributed by atoms with Crippen molar-refractivity contribution in [2.45, 2.75) is 44.6 Å². The van der Waals surface area contributed by atoms with Gasteiger partial charge in [0.05, 0.1) is 6.07 Å². The molecular formula is C18H27N3. The lowest BCUT2D eigenvalue weighted by Gasteiger charge is -2.30. The van der Waals surface area contributed by atoms with Crippen LogP contribution in [-0.2, 0) is 6.42 Å². The highest BCUT2D eigenvalue weighted by Gasteiger charge is 2.41. The van der Waals surface area contributed by atoms with Crippen molar-refractivity contribution >= 4 is 5.69 Å². The van der Waals surface area contributed by atoms with Gasteiger partial charge in [-0.3, -0.25) is 0 Å². The predicted molar refractivity (Wildman–Crippen MR) is 88.5 cm³/mol. The Labute approximate surface area is 129 Å². The minimum atomic E-state index is -0.299. The molecule has 1 fully saturated rings. The summed E-state index contributed by atoms with van der Waals surface area (Å²) in [7, 11) is 4.07. The van der Waals surface area contributed by atoms with E-state index in [1.54, 1.807) is 0 Å². The van der Waals surface area contributed by atoms with E-state index in [4.69, 9.17) is 0 Å². The van der Waals surface area contributed by atoms with Crippen molar-refractivity contribution in [1.29, 1.82) is 5.26 Å². The molecule has 0 aromatic heterocycles. The van der Waals surface area contributed by atoms with Crippen molar-refractivity contribution < 1.29 is 0 Å². The number of hydrogen-bond acceptors (Lipinski definition) is 3. The number of aryl methyl sites for hydroxylation is 1. The molecule has 0 saturated heterocycles. The molecule has 114 valence electrons. The lowest BCUT2D eigenvalue weighted by Crippen LogP contribution is -2.45. The van der Waals surface area contributed by atoms with Gasteiger partial charge in [0.1, 0.15) is 5.54 Å². The molecule has 3 heteroatoms. The zero-order valence-electron chi connectivity index (χ0n) is 13.5. The summed E-state index contributed by atoms with van der Waals surface area (Å²) in [6.45, 7) is 3.18. The van der Waals surface area contributed by atoms with E-state index >= 15 is 0 Å². The van der Waals surface area contributed by atoms with Gasteiger partial charge < -0.3 is 10.2 Å². The standard InChI is InChI=1S/C18H27N3/c1-4-15-7-9-17(10-8-15)21(3)13-11-16-6-5-12-18(16,14-19)20-2/h7-10,16,20H,4-6,11-13H2,1-3H3. The van der Waals surface area contributed by atoms with Crippen LogP contribution in [0.4, 0.5) is 5.69 Å². The second-order valence-corrected chi connectivity index (χ2v) is 6.15. The number of anilines is 1. The molecule has 1 aliphatic carbocycles. The zero-order valence-corrected chi connectivity index (χ0v) is 13.5. The summed E-state index contributed by atoms with van der Waals surface area (Å²) in [5, 5.41) is 12.8. The van der Waals surface area contributed by atoms with E-state index in [1.165, 1.54) is 11.3 Å². The molecule has 0 heterocycles. The van der Waals surface area contributed by atoms with Crippen LogP contribution >= 0.6 is 0 Å². The molecule has 21 heavy (non-hydrogen) atoms. The molecule has 2 unspecified atom stereocenters. The van der Waals surface area contributed by atoms with Crippen LogP contribution in [0.5, 0.6) is 0 Å². The smallest absolute Gasteiger partial charge is 0.109 e. The second-order valence-electron chi connectivity index (χ2n) is 6.15. The Balaban J connectivity index is 1.94. The maximum atomic E-state index is 9.50. The van der Waals surface area contributed by atoms with Gasteiger partial charge in [0.15, 0.2) is 0 Å². The quantitative estimate of drug-likeness (QED) is 0.871. The first-order valence-corrected chi connectivity index (χ1v) is 8.05. The largest absolute Gasteiger partial charge is 0.375 e. The number of nitrogens with zero attached hydrogens (tertiary/aromatic N) is 2. The summed E-state index contributed by atoms with van der Waals surface area (Å²) in [6, 6.07) is 11.3. The molecule has 0 amide bonds. The van der Waals surface area contributed by atoms with Gasteiger partial charge in [-0.15, -0.1) is 0 Å². The molecule has 1 saturated carbocycles. The average Bonchev–Trinajstić information content (AvgIpc) is 2.96. The maximum absolute atomic E-state index is 9.50. The van der Waals surface area contributed by atoms with Crippen LogP contribution in [0, 0.1) is 17.2 Å². The summed E-state index contributed by atoms with van der Waals surface area (Å²) in [4.78, 5) is 2.30. The van der Waals surface area contributed by atoms with Crippen LogP contribution in [0.1, 0.15) is 38.2 Å². The van der Waals surface area contributed by atoms with Crippen LogP contribution in [0.2, 0.25) is 0 Å². The first kappa shape index (κ1) is 15.9. The monoisotopic (exact) mass is 285 g/mol. The third-order valence-corrected chi connectivity index (χ3v) is 5.06. The Hall–Kier alpha value is -1.53. The molecule has 2 atom stereocenters. The van der Waals surface area contributed by atoms with Crippen molar-refractivity contribution in [2.24, 2.45) is 5.92 Å². The van der Waals surface area contributed by atoms with Gasteiger partial charge in [0.25, 0.3) is 0 Å². The van der Waals surface area contributed by atoms with E-state index < -0.39 is 0 Å². The fraction of sp³-hybridized carbons (Fsp3) is 0.611. The molecular weight excluding hydrogens is 258 g/mol. The van der Waals surface area contributed by atoms with E-state index in [2.05, 4.69) is 54.5 Å². The van der Waals surface area contributed by atoms with Crippen molar-refractivity contribution in [3.05, 3.63) is 29.8 Å². The number of rotatable bonds is 6. The van der Waals surface area contributed by atoms with Crippen molar-refractivity contribution in [1.82, 2.24) is 5.32 Å². The van der Waals surface area contributed by atoms with Crippen LogP contribution in [0.3, 0.4) is 0 Å². The Morgan fingerprint density at radius 3 is 2.67 bits per heavy atom. The van der Waals surface area contributed by atoms with Gasteiger partial charge in [-0.25, -0.2) is 0 Å². The van der Waals surface area contributed by atoms with E-state index in [9.17, 15) is 5.26 Å². The van der Waals surface area contributed by atoms with Crippen molar-refractivity contribution in [3.8, 4) is 6.07 Å². The average molecular weight is 285 g/mol. The van der Waals surface area contributed by atoms with E-state index in [1.807, 2.05) is 7.05 Å². The Bertz CT molecular complexity index is 488. The lowest BCUT2D eigenvalue weighted by atomic mass is 9.86. The Kier molecular flexibility index (Phi) is 5.25. The van der Waals surface area contributed by atoms with Gasteiger partial charge in [-0.1, -0.05) is 25.5 Å². The van der Waals surface area contributed by atoms with Gasteiger partial charge >= 0.3 is 0 Å². The zero-order chi connectivity index (χ0) is 15.3.